The van der Waals surface area contributed by atoms with Gasteiger partial charge in [-0.25, -0.2) is 0 Å². The van der Waals surface area contributed by atoms with Gasteiger partial charge in [-0.3, -0.25) is 4.98 Å². The number of rotatable bonds is 5. The van der Waals surface area contributed by atoms with Crippen LogP contribution in [0.15, 0.2) is 45.6 Å². The summed E-state index contributed by atoms with van der Waals surface area (Å²) < 4.78 is 2.18. The highest BCUT2D eigenvalue weighted by Crippen LogP contribution is 2.27. The number of pyridine rings is 1. The molecule has 1 aromatic heterocycles. The van der Waals surface area contributed by atoms with Gasteiger partial charge >= 0.3 is 0 Å². The predicted octanol–water partition coefficient (Wildman–Crippen LogP) is 4.81. The molecule has 0 aliphatic rings. The molecule has 0 aliphatic carbocycles. The van der Waals surface area contributed by atoms with E-state index in [1.54, 1.807) is 0 Å². The Balaban J connectivity index is 2.26. The first-order valence-electron chi connectivity index (χ1n) is 6.69. The first kappa shape index (κ1) is 15.7. The van der Waals surface area contributed by atoms with E-state index in [1.807, 2.05) is 12.4 Å². The number of nitrogens with zero attached hydrogens (tertiary/aromatic N) is 1. The lowest BCUT2D eigenvalue weighted by atomic mass is 9.99. The number of hydrogen-bond acceptors (Lipinski definition) is 2. The number of likely N-dealkylation sites (N-methyl/N-ethyl adjacent to an activating group) is 1. The van der Waals surface area contributed by atoms with Crippen molar-refractivity contribution >= 4 is 31.9 Å². The Kier molecular flexibility index (Phi) is 5.75. The second-order valence-corrected chi connectivity index (χ2v) is 6.62. The van der Waals surface area contributed by atoms with Crippen LogP contribution >= 0.6 is 31.9 Å². The van der Waals surface area contributed by atoms with Crippen LogP contribution in [0.5, 0.6) is 0 Å². The average molecular weight is 398 g/mol. The van der Waals surface area contributed by atoms with Gasteiger partial charge in [0.2, 0.25) is 0 Å². The van der Waals surface area contributed by atoms with Gasteiger partial charge in [0.1, 0.15) is 0 Å². The quantitative estimate of drug-likeness (QED) is 0.782. The molecule has 2 nitrogen and oxygen atoms in total. The molecule has 1 unspecified atom stereocenters. The summed E-state index contributed by atoms with van der Waals surface area (Å²) in [6, 6.07) is 8.92. The maximum Gasteiger partial charge on any atom is 0.0410 e. The molecule has 1 aromatic carbocycles. The summed E-state index contributed by atoms with van der Waals surface area (Å²) >= 11 is 7.16. The van der Waals surface area contributed by atoms with Gasteiger partial charge in [0, 0.05) is 27.4 Å². The minimum absolute atomic E-state index is 0.283. The topological polar surface area (TPSA) is 24.9 Å². The number of hydrogen-bond donors (Lipinski definition) is 1. The third-order valence-electron chi connectivity index (χ3n) is 3.18. The molecule has 1 N–H and O–H groups in total. The summed E-state index contributed by atoms with van der Waals surface area (Å²) in [7, 11) is 0. The fraction of sp³-hybridized carbons (Fsp3) is 0.312. The lowest BCUT2D eigenvalue weighted by Gasteiger charge is -2.20. The Hall–Kier alpha value is -0.710. The van der Waals surface area contributed by atoms with E-state index < -0.39 is 0 Å². The van der Waals surface area contributed by atoms with Crippen molar-refractivity contribution in [3.8, 4) is 0 Å². The van der Waals surface area contributed by atoms with Crippen LogP contribution in [0.1, 0.15) is 29.7 Å². The fourth-order valence-corrected chi connectivity index (χ4v) is 3.44. The van der Waals surface area contributed by atoms with Crippen LogP contribution in [0.3, 0.4) is 0 Å². The van der Waals surface area contributed by atoms with Gasteiger partial charge in [-0.05, 0) is 64.6 Å². The van der Waals surface area contributed by atoms with Gasteiger partial charge in [-0.2, -0.15) is 0 Å². The van der Waals surface area contributed by atoms with Gasteiger partial charge in [0.25, 0.3) is 0 Å². The van der Waals surface area contributed by atoms with Crippen molar-refractivity contribution in [3.63, 3.8) is 0 Å². The molecular weight excluding hydrogens is 380 g/mol. The summed E-state index contributed by atoms with van der Waals surface area (Å²) in [6.45, 7) is 5.18. The molecule has 2 rings (SSSR count). The van der Waals surface area contributed by atoms with Crippen LogP contribution in [0.2, 0.25) is 0 Å². The van der Waals surface area contributed by atoms with E-state index in [1.165, 1.54) is 16.7 Å². The van der Waals surface area contributed by atoms with Gasteiger partial charge < -0.3 is 5.32 Å². The monoisotopic (exact) mass is 396 g/mol. The second kappa shape index (κ2) is 7.34. The predicted molar refractivity (Wildman–Crippen MR) is 90.9 cm³/mol. The molecule has 20 heavy (non-hydrogen) atoms. The molecule has 0 bridgehead atoms. The standard InChI is InChI=1S/C16H18Br2N2/c1-3-20-16(8-12-7-13(17)10-19-9-12)14-5-4-11(2)6-15(14)18/h4-7,9-10,16,20H,3,8H2,1-2H3. The molecular formula is C16H18Br2N2. The smallest absolute Gasteiger partial charge is 0.0410 e. The molecule has 0 radical (unpaired) electrons. The van der Waals surface area contributed by atoms with Crippen molar-refractivity contribution in [1.82, 2.24) is 10.3 Å². The molecule has 106 valence electrons. The van der Waals surface area contributed by atoms with Crippen LogP contribution in [0.25, 0.3) is 0 Å². The van der Waals surface area contributed by atoms with Crippen LogP contribution in [0.4, 0.5) is 0 Å². The fourth-order valence-electron chi connectivity index (χ4n) is 2.26. The Morgan fingerprint density at radius 1 is 1.20 bits per heavy atom. The highest BCUT2D eigenvalue weighted by atomic mass is 79.9. The van der Waals surface area contributed by atoms with E-state index >= 15 is 0 Å². The van der Waals surface area contributed by atoms with E-state index in [4.69, 9.17) is 0 Å². The largest absolute Gasteiger partial charge is 0.310 e. The van der Waals surface area contributed by atoms with Gasteiger partial charge in [0.05, 0.1) is 0 Å². The van der Waals surface area contributed by atoms with E-state index in [-0.39, 0.29) is 6.04 Å². The van der Waals surface area contributed by atoms with Crippen molar-refractivity contribution in [2.75, 3.05) is 6.54 Å². The average Bonchev–Trinajstić information content (AvgIpc) is 2.38. The third-order valence-corrected chi connectivity index (χ3v) is 4.30. The number of nitrogens with one attached hydrogen (secondary N) is 1. The van der Waals surface area contributed by atoms with Crippen molar-refractivity contribution in [2.24, 2.45) is 0 Å². The molecule has 2 aromatic rings. The van der Waals surface area contributed by atoms with Crippen molar-refractivity contribution < 1.29 is 0 Å². The Labute approximate surface area is 137 Å². The zero-order valence-corrected chi connectivity index (χ0v) is 14.8. The third kappa shape index (κ3) is 4.14. The minimum Gasteiger partial charge on any atom is -0.310 e. The lowest BCUT2D eigenvalue weighted by Crippen LogP contribution is -2.23. The molecule has 1 heterocycles. The Morgan fingerprint density at radius 3 is 2.65 bits per heavy atom. The number of benzene rings is 1. The van der Waals surface area contributed by atoms with E-state index in [0.29, 0.717) is 0 Å². The molecule has 1 atom stereocenters. The molecule has 0 saturated carbocycles. The number of halogens is 2. The zero-order valence-electron chi connectivity index (χ0n) is 11.7. The zero-order chi connectivity index (χ0) is 14.5. The highest BCUT2D eigenvalue weighted by molar-refractivity contribution is 9.10. The molecule has 0 fully saturated rings. The van der Waals surface area contributed by atoms with Crippen LogP contribution in [-0.4, -0.2) is 11.5 Å². The Morgan fingerprint density at radius 2 is 2.00 bits per heavy atom. The molecule has 0 spiro atoms. The first-order chi connectivity index (χ1) is 9.60. The SMILES string of the molecule is CCNC(Cc1cncc(Br)c1)c1ccc(C)cc1Br. The van der Waals surface area contributed by atoms with Crippen LogP contribution < -0.4 is 5.32 Å². The molecule has 0 aliphatic heterocycles. The van der Waals surface area contributed by atoms with E-state index in [2.05, 4.69) is 80.3 Å². The normalized spacial score (nSPS) is 12.4. The van der Waals surface area contributed by atoms with E-state index in [9.17, 15) is 0 Å². The summed E-state index contributed by atoms with van der Waals surface area (Å²) in [6.07, 6.45) is 4.66. The van der Waals surface area contributed by atoms with Gasteiger partial charge in [-0.15, -0.1) is 0 Å². The summed E-state index contributed by atoms with van der Waals surface area (Å²) in [5, 5.41) is 3.55. The van der Waals surface area contributed by atoms with E-state index in [0.717, 1.165) is 21.9 Å². The lowest BCUT2D eigenvalue weighted by molar-refractivity contribution is 0.547. The summed E-state index contributed by atoms with van der Waals surface area (Å²) in [5.74, 6) is 0. The van der Waals surface area contributed by atoms with Crippen molar-refractivity contribution in [2.45, 2.75) is 26.3 Å². The molecule has 0 saturated heterocycles. The van der Waals surface area contributed by atoms with Crippen LogP contribution in [0, 0.1) is 6.92 Å². The summed E-state index contributed by atoms with van der Waals surface area (Å²) in [4.78, 5) is 4.24. The number of aryl methyl sites for hydroxylation is 1. The first-order valence-corrected chi connectivity index (χ1v) is 8.27. The maximum atomic E-state index is 4.24. The molecule has 4 heteroatoms. The maximum absolute atomic E-state index is 4.24. The van der Waals surface area contributed by atoms with Gasteiger partial charge in [0.15, 0.2) is 0 Å². The summed E-state index contributed by atoms with van der Waals surface area (Å²) in [5.41, 5.74) is 3.77. The highest BCUT2D eigenvalue weighted by Gasteiger charge is 2.14. The Bertz CT molecular complexity index is 584. The minimum atomic E-state index is 0.283. The van der Waals surface area contributed by atoms with Crippen LogP contribution in [-0.2, 0) is 6.42 Å². The van der Waals surface area contributed by atoms with Gasteiger partial charge in [-0.1, -0.05) is 35.0 Å². The molecule has 0 amide bonds. The van der Waals surface area contributed by atoms with Crippen molar-refractivity contribution in [3.05, 3.63) is 62.3 Å². The van der Waals surface area contributed by atoms with Crippen molar-refractivity contribution in [1.29, 1.82) is 0 Å². The number of aromatic nitrogens is 1. The second-order valence-electron chi connectivity index (χ2n) is 4.85.